The number of carboxylic acids is 1. The molecule has 0 saturated heterocycles. The van der Waals surface area contributed by atoms with Gasteiger partial charge in [0.1, 0.15) is 0 Å². The molecule has 27 heavy (non-hydrogen) atoms. The van der Waals surface area contributed by atoms with Crippen molar-refractivity contribution in [1.82, 2.24) is 0 Å². The third kappa shape index (κ3) is 6.07. The highest BCUT2D eigenvalue weighted by atomic mass is 35.5. The molecular formula is C22H35ClO4. The van der Waals surface area contributed by atoms with E-state index in [1.54, 1.807) is 0 Å². The van der Waals surface area contributed by atoms with Crippen molar-refractivity contribution in [1.29, 1.82) is 0 Å². The van der Waals surface area contributed by atoms with Gasteiger partial charge in [-0.1, -0.05) is 37.6 Å². The second-order valence-electron chi connectivity index (χ2n) is 8.30. The Labute approximate surface area is 168 Å². The minimum absolute atomic E-state index is 0.0161. The van der Waals surface area contributed by atoms with Crippen LogP contribution in [0, 0.1) is 17.3 Å². The van der Waals surface area contributed by atoms with Crippen LogP contribution in [0.15, 0.2) is 24.3 Å². The smallest absolute Gasteiger partial charge is 0.303 e. The third-order valence-corrected chi connectivity index (χ3v) is 7.19. The molecule has 4 nitrogen and oxygen atoms in total. The Morgan fingerprint density at radius 1 is 1.30 bits per heavy atom. The van der Waals surface area contributed by atoms with Gasteiger partial charge in [-0.15, -0.1) is 11.6 Å². The molecule has 0 spiro atoms. The molecule has 0 aliphatic heterocycles. The van der Waals surface area contributed by atoms with Gasteiger partial charge in [0.2, 0.25) is 0 Å². The van der Waals surface area contributed by atoms with E-state index in [0.29, 0.717) is 19.3 Å². The highest BCUT2D eigenvalue weighted by Crippen LogP contribution is 2.47. The van der Waals surface area contributed by atoms with Gasteiger partial charge in [0.15, 0.2) is 0 Å². The Bertz CT molecular complexity index is 521. The summed E-state index contributed by atoms with van der Waals surface area (Å²) in [6, 6.07) is 0. The second-order valence-corrected chi connectivity index (χ2v) is 8.86. The van der Waals surface area contributed by atoms with Crippen LogP contribution in [0.5, 0.6) is 0 Å². The lowest BCUT2D eigenvalue weighted by Crippen LogP contribution is -2.40. The lowest BCUT2D eigenvalue weighted by Gasteiger charge is -2.45. The number of hydrogen-bond donors (Lipinski definition) is 3. The molecule has 5 atom stereocenters. The summed E-state index contributed by atoms with van der Waals surface area (Å²) >= 11 is 6.46. The molecule has 3 N–H and O–H groups in total. The van der Waals surface area contributed by atoms with Crippen LogP contribution < -0.4 is 0 Å². The van der Waals surface area contributed by atoms with Crippen molar-refractivity contribution in [3.05, 3.63) is 24.3 Å². The molecule has 0 amide bonds. The van der Waals surface area contributed by atoms with Crippen LogP contribution >= 0.6 is 11.6 Å². The summed E-state index contributed by atoms with van der Waals surface area (Å²) in [5, 5.41) is 29.5. The number of aliphatic carboxylic acids is 1. The number of alkyl halides is 1. The predicted octanol–water partition coefficient (Wildman–Crippen LogP) is 4.68. The first-order valence-corrected chi connectivity index (χ1v) is 10.9. The highest BCUT2D eigenvalue weighted by Gasteiger charge is 2.42. The van der Waals surface area contributed by atoms with Crippen molar-refractivity contribution >= 4 is 17.6 Å². The van der Waals surface area contributed by atoms with Gasteiger partial charge in [-0.05, 0) is 62.7 Å². The van der Waals surface area contributed by atoms with Gasteiger partial charge in [-0.25, -0.2) is 0 Å². The summed E-state index contributed by atoms with van der Waals surface area (Å²) in [5.41, 5.74) is 0.103. The van der Waals surface area contributed by atoms with E-state index in [1.807, 2.05) is 12.2 Å². The molecule has 5 heteroatoms. The number of carbonyl (C=O) groups is 1. The van der Waals surface area contributed by atoms with Crippen LogP contribution in [0.3, 0.4) is 0 Å². The van der Waals surface area contributed by atoms with Gasteiger partial charge in [-0.2, -0.15) is 0 Å². The van der Waals surface area contributed by atoms with Crippen molar-refractivity contribution < 1.29 is 20.1 Å². The number of unbranched alkanes of at least 4 members (excludes halogenated alkanes) is 1. The fourth-order valence-corrected chi connectivity index (χ4v) is 5.03. The van der Waals surface area contributed by atoms with Crippen LogP contribution in [0.1, 0.15) is 71.1 Å². The molecule has 2 rings (SSSR count). The molecule has 0 aromatic carbocycles. The van der Waals surface area contributed by atoms with Gasteiger partial charge in [0.25, 0.3) is 0 Å². The molecule has 2 aliphatic rings. The van der Waals surface area contributed by atoms with E-state index in [1.165, 1.54) is 6.42 Å². The summed E-state index contributed by atoms with van der Waals surface area (Å²) in [7, 11) is 0. The van der Waals surface area contributed by atoms with Crippen LogP contribution in [-0.2, 0) is 4.79 Å². The third-order valence-electron chi connectivity index (χ3n) is 6.68. The topological polar surface area (TPSA) is 77.8 Å². The normalized spacial score (nSPS) is 31.4. The van der Waals surface area contributed by atoms with Crippen LogP contribution in [0.25, 0.3) is 0 Å². The Balaban J connectivity index is 1.83. The Hall–Kier alpha value is -0.840. The monoisotopic (exact) mass is 398 g/mol. The summed E-state index contributed by atoms with van der Waals surface area (Å²) in [6.07, 6.45) is 15.5. The van der Waals surface area contributed by atoms with Crippen molar-refractivity contribution in [3.63, 3.8) is 0 Å². The summed E-state index contributed by atoms with van der Waals surface area (Å²) in [6.45, 7) is 2.16. The minimum Gasteiger partial charge on any atom is -0.481 e. The zero-order valence-electron chi connectivity index (χ0n) is 16.4. The zero-order chi connectivity index (χ0) is 19.9. The number of aliphatic hydroxyl groups excluding tert-OH is 2. The molecule has 0 heterocycles. The first-order valence-electron chi connectivity index (χ1n) is 10.4. The summed E-state index contributed by atoms with van der Waals surface area (Å²) < 4.78 is 0. The SMILES string of the molecule is CCC1(C(O)C/C=C/[C@@H]2[C@@H](C/C=C\CCCC(=O)O)[C@@H](Cl)C[C@H]2O)CCC1. The van der Waals surface area contributed by atoms with Crippen molar-refractivity contribution in [3.8, 4) is 0 Å². The van der Waals surface area contributed by atoms with Crippen molar-refractivity contribution in [2.24, 2.45) is 17.3 Å². The molecule has 1 unspecified atom stereocenters. The fraction of sp³-hybridized carbons (Fsp3) is 0.773. The van der Waals surface area contributed by atoms with Crippen molar-refractivity contribution in [2.45, 2.75) is 88.7 Å². The average molecular weight is 399 g/mol. The van der Waals surface area contributed by atoms with E-state index >= 15 is 0 Å². The van der Waals surface area contributed by atoms with Gasteiger partial charge in [0, 0.05) is 17.7 Å². The molecule has 2 aliphatic carbocycles. The van der Waals surface area contributed by atoms with Gasteiger partial charge < -0.3 is 15.3 Å². The van der Waals surface area contributed by atoms with E-state index in [0.717, 1.165) is 32.1 Å². The average Bonchev–Trinajstić information content (AvgIpc) is 2.84. The second kappa shape index (κ2) is 10.6. The standard InChI is InChI=1S/C22H35ClO4/c1-2-22(13-8-14-22)20(25)11-7-10-17-16(18(23)15-19(17)24)9-5-3-4-6-12-21(26)27/h3,5,7,10,16-20,24-25H,2,4,6,8-9,11-15H2,1H3,(H,26,27)/b5-3-,10-7+/t16-,17-,18+,19-,20?/m1/s1. The van der Waals surface area contributed by atoms with E-state index < -0.39 is 12.1 Å². The maximum atomic E-state index is 10.5. The lowest BCUT2D eigenvalue weighted by atomic mass is 9.63. The molecular weight excluding hydrogens is 364 g/mol. The summed E-state index contributed by atoms with van der Waals surface area (Å²) in [4.78, 5) is 10.5. The Morgan fingerprint density at radius 2 is 2.04 bits per heavy atom. The maximum absolute atomic E-state index is 10.5. The van der Waals surface area contributed by atoms with Crippen molar-refractivity contribution in [2.75, 3.05) is 0 Å². The quantitative estimate of drug-likeness (QED) is 0.268. The minimum atomic E-state index is -0.762. The van der Waals surface area contributed by atoms with E-state index in [4.69, 9.17) is 16.7 Å². The molecule has 2 saturated carbocycles. The molecule has 0 bridgehead atoms. The Kier molecular flexibility index (Phi) is 8.84. The highest BCUT2D eigenvalue weighted by molar-refractivity contribution is 6.21. The van der Waals surface area contributed by atoms with E-state index in [-0.39, 0.29) is 35.2 Å². The first-order chi connectivity index (χ1) is 12.9. The fourth-order valence-electron chi connectivity index (χ4n) is 4.58. The molecule has 0 radical (unpaired) electrons. The van der Waals surface area contributed by atoms with Crippen LogP contribution in [-0.4, -0.2) is 38.9 Å². The number of hydrogen-bond acceptors (Lipinski definition) is 3. The first kappa shape index (κ1) is 22.4. The van der Waals surface area contributed by atoms with E-state index in [2.05, 4.69) is 19.1 Å². The number of carboxylic acid groups (broad SMARTS) is 1. The van der Waals surface area contributed by atoms with Gasteiger partial charge in [-0.3, -0.25) is 4.79 Å². The number of rotatable bonds is 11. The Morgan fingerprint density at radius 3 is 2.63 bits per heavy atom. The van der Waals surface area contributed by atoms with Gasteiger partial charge >= 0.3 is 5.97 Å². The predicted molar refractivity (Wildman–Crippen MR) is 109 cm³/mol. The summed E-state index contributed by atoms with van der Waals surface area (Å²) in [5.74, 6) is -0.570. The van der Waals surface area contributed by atoms with E-state index in [9.17, 15) is 15.0 Å². The molecule has 154 valence electrons. The molecule has 2 fully saturated rings. The van der Waals surface area contributed by atoms with Gasteiger partial charge in [0.05, 0.1) is 12.2 Å². The lowest BCUT2D eigenvalue weighted by molar-refractivity contribution is -0.137. The number of aliphatic hydroxyl groups is 2. The van der Waals surface area contributed by atoms with Crippen LogP contribution in [0.2, 0.25) is 0 Å². The maximum Gasteiger partial charge on any atom is 0.303 e. The molecule has 0 aromatic heterocycles. The van der Waals surface area contributed by atoms with Crippen LogP contribution in [0.4, 0.5) is 0 Å². The molecule has 0 aromatic rings. The number of allylic oxidation sites excluding steroid dienone is 2. The zero-order valence-corrected chi connectivity index (χ0v) is 17.2. The number of halogens is 1. The largest absolute Gasteiger partial charge is 0.481 e.